The van der Waals surface area contributed by atoms with Gasteiger partial charge in [-0.3, -0.25) is 9.78 Å². The van der Waals surface area contributed by atoms with E-state index in [1.54, 1.807) is 19.5 Å². The Labute approximate surface area is 175 Å². The van der Waals surface area contributed by atoms with E-state index in [2.05, 4.69) is 21.7 Å². The fourth-order valence-corrected chi connectivity index (χ4v) is 4.52. The third-order valence-corrected chi connectivity index (χ3v) is 5.93. The van der Waals surface area contributed by atoms with Crippen LogP contribution in [-0.4, -0.2) is 17.9 Å². The first-order valence-corrected chi connectivity index (χ1v) is 10.2. The standard InChI is InChI=1S/C25H23N3O2/c1-30-23-9-5-2-6-18(23)17-14-21-24(22(29)15-17)25(16-10-12-26-13-11-16)28-20-8-4-3-7-19(20)27-21/h2-13,17,25,27-28H,14-15H2,1H3/t17-,25-/m0/s1. The summed E-state index contributed by atoms with van der Waals surface area (Å²) < 4.78 is 5.57. The summed E-state index contributed by atoms with van der Waals surface area (Å²) in [5.74, 6) is 1.06. The lowest BCUT2D eigenvalue weighted by molar-refractivity contribution is -0.116. The van der Waals surface area contributed by atoms with Gasteiger partial charge < -0.3 is 15.4 Å². The van der Waals surface area contributed by atoms with Crippen LogP contribution in [0.3, 0.4) is 0 Å². The van der Waals surface area contributed by atoms with Crippen LogP contribution in [0.5, 0.6) is 5.75 Å². The second kappa shape index (κ2) is 7.67. The number of hydrogen-bond donors (Lipinski definition) is 2. The minimum atomic E-state index is -0.217. The molecule has 0 spiro atoms. The van der Waals surface area contributed by atoms with Gasteiger partial charge in [0.05, 0.1) is 24.5 Å². The number of aromatic nitrogens is 1. The molecule has 0 saturated heterocycles. The average Bonchev–Trinajstić information content (AvgIpc) is 2.96. The normalized spacial score (nSPS) is 20.4. The Bertz CT molecular complexity index is 1120. The van der Waals surface area contributed by atoms with Gasteiger partial charge in [0.1, 0.15) is 5.75 Å². The van der Waals surface area contributed by atoms with E-state index in [0.717, 1.165) is 45.9 Å². The lowest BCUT2D eigenvalue weighted by atomic mass is 9.78. The number of nitrogens with zero attached hydrogens (tertiary/aromatic N) is 1. The summed E-state index contributed by atoms with van der Waals surface area (Å²) >= 11 is 0. The van der Waals surface area contributed by atoms with Crippen molar-refractivity contribution < 1.29 is 9.53 Å². The predicted molar refractivity (Wildman–Crippen MR) is 118 cm³/mol. The van der Waals surface area contributed by atoms with E-state index in [-0.39, 0.29) is 17.7 Å². The Balaban J connectivity index is 1.61. The fraction of sp³-hybridized carbons (Fsp3) is 0.200. The summed E-state index contributed by atoms with van der Waals surface area (Å²) in [6, 6.07) is 19.8. The number of benzene rings is 2. The summed E-state index contributed by atoms with van der Waals surface area (Å²) in [6.07, 6.45) is 4.75. The highest BCUT2D eigenvalue weighted by molar-refractivity contribution is 6.01. The van der Waals surface area contributed by atoms with Crippen LogP contribution in [0.25, 0.3) is 0 Å². The van der Waals surface area contributed by atoms with Gasteiger partial charge in [0, 0.05) is 36.0 Å². The van der Waals surface area contributed by atoms with Gasteiger partial charge in [-0.1, -0.05) is 30.3 Å². The maximum Gasteiger partial charge on any atom is 0.163 e. The van der Waals surface area contributed by atoms with Crippen molar-refractivity contribution in [1.29, 1.82) is 0 Å². The number of nitrogens with one attached hydrogen (secondary N) is 2. The maximum absolute atomic E-state index is 13.5. The molecule has 2 aromatic carbocycles. The molecule has 3 aromatic rings. The molecule has 5 nitrogen and oxygen atoms in total. The van der Waals surface area contributed by atoms with Gasteiger partial charge in [0.2, 0.25) is 0 Å². The molecule has 0 bridgehead atoms. The Morgan fingerprint density at radius 2 is 1.67 bits per heavy atom. The number of fused-ring (bicyclic) bond motifs is 1. The van der Waals surface area contributed by atoms with E-state index in [1.807, 2.05) is 54.6 Å². The van der Waals surface area contributed by atoms with Gasteiger partial charge in [-0.2, -0.15) is 0 Å². The number of rotatable bonds is 3. The number of carbonyl (C=O) groups is 1. The molecule has 0 radical (unpaired) electrons. The summed E-state index contributed by atoms with van der Waals surface area (Å²) in [5.41, 5.74) is 5.85. The summed E-state index contributed by atoms with van der Waals surface area (Å²) in [7, 11) is 1.68. The van der Waals surface area contributed by atoms with Crippen LogP contribution in [0.15, 0.2) is 84.3 Å². The van der Waals surface area contributed by atoms with Crippen molar-refractivity contribution in [2.75, 3.05) is 17.7 Å². The fourth-order valence-electron chi connectivity index (χ4n) is 4.52. The van der Waals surface area contributed by atoms with Crippen LogP contribution in [0, 0.1) is 0 Å². The summed E-state index contributed by atoms with van der Waals surface area (Å²) in [4.78, 5) is 17.6. The molecule has 0 fully saturated rings. The van der Waals surface area contributed by atoms with Gasteiger partial charge >= 0.3 is 0 Å². The van der Waals surface area contributed by atoms with Crippen LogP contribution in [0.1, 0.15) is 35.9 Å². The highest BCUT2D eigenvalue weighted by Crippen LogP contribution is 2.45. The number of carbonyl (C=O) groups excluding carboxylic acids is 1. The van der Waals surface area contributed by atoms with E-state index in [4.69, 9.17) is 4.74 Å². The van der Waals surface area contributed by atoms with E-state index < -0.39 is 0 Å². The van der Waals surface area contributed by atoms with Crippen molar-refractivity contribution in [2.45, 2.75) is 24.8 Å². The van der Waals surface area contributed by atoms with Crippen LogP contribution >= 0.6 is 0 Å². The molecule has 2 aliphatic rings. The number of ether oxygens (including phenoxy) is 1. The molecule has 0 saturated carbocycles. The van der Waals surface area contributed by atoms with Crippen molar-refractivity contribution in [1.82, 2.24) is 4.98 Å². The van der Waals surface area contributed by atoms with Crippen molar-refractivity contribution in [3.8, 4) is 5.75 Å². The average molecular weight is 397 g/mol. The van der Waals surface area contributed by atoms with Crippen LogP contribution < -0.4 is 15.4 Å². The minimum absolute atomic E-state index is 0.0725. The lowest BCUT2D eigenvalue weighted by Crippen LogP contribution is -2.27. The molecule has 1 aromatic heterocycles. The van der Waals surface area contributed by atoms with Crippen LogP contribution in [0.2, 0.25) is 0 Å². The molecular weight excluding hydrogens is 374 g/mol. The Hall–Kier alpha value is -3.60. The quantitative estimate of drug-likeness (QED) is 0.646. The van der Waals surface area contributed by atoms with Crippen molar-refractivity contribution in [3.05, 3.63) is 95.5 Å². The summed E-state index contributed by atoms with van der Waals surface area (Å²) in [6.45, 7) is 0. The molecule has 5 heteroatoms. The highest BCUT2D eigenvalue weighted by Gasteiger charge is 2.36. The molecule has 2 atom stereocenters. The molecule has 30 heavy (non-hydrogen) atoms. The largest absolute Gasteiger partial charge is 0.496 e. The van der Waals surface area contributed by atoms with Crippen LogP contribution in [-0.2, 0) is 4.79 Å². The topological polar surface area (TPSA) is 63.2 Å². The van der Waals surface area contributed by atoms with E-state index in [0.29, 0.717) is 6.42 Å². The second-order valence-electron chi connectivity index (χ2n) is 7.69. The molecule has 2 N–H and O–H groups in total. The molecule has 5 rings (SSSR count). The zero-order chi connectivity index (χ0) is 20.5. The van der Waals surface area contributed by atoms with Gasteiger partial charge in [-0.15, -0.1) is 0 Å². The molecular formula is C25H23N3O2. The molecule has 1 aliphatic carbocycles. The highest BCUT2D eigenvalue weighted by atomic mass is 16.5. The first kappa shape index (κ1) is 18.4. The van der Waals surface area contributed by atoms with Gasteiger partial charge in [0.25, 0.3) is 0 Å². The van der Waals surface area contributed by atoms with Crippen molar-refractivity contribution in [3.63, 3.8) is 0 Å². The molecule has 2 heterocycles. The smallest absolute Gasteiger partial charge is 0.163 e. The number of Topliss-reactive ketones (excluding diaryl/α,β-unsaturated/α-hetero) is 1. The Morgan fingerprint density at radius 3 is 2.47 bits per heavy atom. The van der Waals surface area contributed by atoms with Crippen LogP contribution in [0.4, 0.5) is 11.4 Å². The maximum atomic E-state index is 13.5. The minimum Gasteiger partial charge on any atom is -0.496 e. The van der Waals surface area contributed by atoms with Gasteiger partial charge in [-0.05, 0) is 47.9 Å². The zero-order valence-electron chi connectivity index (χ0n) is 16.8. The third kappa shape index (κ3) is 3.22. The first-order chi connectivity index (χ1) is 14.7. The zero-order valence-corrected chi connectivity index (χ0v) is 16.8. The number of allylic oxidation sites excluding steroid dienone is 1. The number of anilines is 2. The third-order valence-electron chi connectivity index (χ3n) is 5.93. The van der Waals surface area contributed by atoms with Crippen molar-refractivity contribution in [2.24, 2.45) is 0 Å². The molecule has 1 aliphatic heterocycles. The van der Waals surface area contributed by atoms with Gasteiger partial charge in [0.15, 0.2) is 5.78 Å². The predicted octanol–water partition coefficient (Wildman–Crippen LogP) is 5.07. The number of methoxy groups -OCH3 is 1. The number of para-hydroxylation sites is 3. The van der Waals surface area contributed by atoms with E-state index in [1.165, 1.54) is 0 Å². The number of hydrogen-bond acceptors (Lipinski definition) is 5. The Morgan fingerprint density at radius 1 is 0.933 bits per heavy atom. The monoisotopic (exact) mass is 397 g/mol. The van der Waals surface area contributed by atoms with Gasteiger partial charge in [-0.25, -0.2) is 0 Å². The van der Waals surface area contributed by atoms with E-state index >= 15 is 0 Å². The molecule has 150 valence electrons. The van der Waals surface area contributed by atoms with E-state index in [9.17, 15) is 4.79 Å². The molecule has 0 unspecified atom stereocenters. The number of pyridine rings is 1. The number of ketones is 1. The first-order valence-electron chi connectivity index (χ1n) is 10.2. The lowest BCUT2D eigenvalue weighted by Gasteiger charge is -2.30. The Kier molecular flexibility index (Phi) is 4.71. The van der Waals surface area contributed by atoms with Crippen molar-refractivity contribution >= 4 is 17.2 Å². The second-order valence-corrected chi connectivity index (χ2v) is 7.69. The summed E-state index contributed by atoms with van der Waals surface area (Å²) in [5, 5.41) is 7.16. The molecule has 0 amide bonds. The SMILES string of the molecule is COc1ccccc1[C@@H]1CC(=O)C2=C(C1)Nc1ccccc1N[C@H]2c1ccncc1.